The number of amides is 1. The molecule has 3 N–H and O–H groups in total. The van der Waals surface area contributed by atoms with Crippen molar-refractivity contribution in [2.75, 3.05) is 11.9 Å². The number of hydrogen-bond donors (Lipinski definition) is 3. The van der Waals surface area contributed by atoms with Gasteiger partial charge in [0.25, 0.3) is 0 Å². The van der Waals surface area contributed by atoms with Crippen LogP contribution >= 0.6 is 0 Å². The van der Waals surface area contributed by atoms with E-state index in [0.29, 0.717) is 13.0 Å². The Morgan fingerprint density at radius 1 is 1.33 bits per heavy atom. The number of para-hydroxylation sites is 1. The van der Waals surface area contributed by atoms with Gasteiger partial charge in [0.1, 0.15) is 6.04 Å². The summed E-state index contributed by atoms with van der Waals surface area (Å²) in [5, 5.41) is 15.3. The Kier molecular flexibility index (Phi) is 4.21. The van der Waals surface area contributed by atoms with Crippen LogP contribution in [0.25, 0.3) is 0 Å². The quantitative estimate of drug-likeness (QED) is 0.797. The van der Waals surface area contributed by atoms with E-state index in [1.807, 2.05) is 45.0 Å². The van der Waals surface area contributed by atoms with Crippen molar-refractivity contribution in [3.63, 3.8) is 0 Å². The van der Waals surface area contributed by atoms with E-state index >= 15 is 0 Å². The van der Waals surface area contributed by atoms with Gasteiger partial charge in [0, 0.05) is 12.2 Å². The van der Waals surface area contributed by atoms with Gasteiger partial charge in [-0.2, -0.15) is 0 Å². The number of hydrogen-bond acceptors (Lipinski definition) is 3. The number of carbonyl (C=O) groups is 2. The third-order valence-corrected chi connectivity index (χ3v) is 3.80. The number of benzene rings is 1. The lowest BCUT2D eigenvalue weighted by molar-refractivity contribution is -0.145. The van der Waals surface area contributed by atoms with Crippen LogP contribution < -0.4 is 10.6 Å². The van der Waals surface area contributed by atoms with Gasteiger partial charge in [-0.25, -0.2) is 4.79 Å². The van der Waals surface area contributed by atoms with Crippen LogP contribution in [0.15, 0.2) is 24.3 Å². The molecular formula is C16H22N2O3. The summed E-state index contributed by atoms with van der Waals surface area (Å²) < 4.78 is 0. The predicted octanol–water partition coefficient (Wildman–Crippen LogP) is 2.20. The average Bonchev–Trinajstić information content (AvgIpc) is 2.42. The third-order valence-electron chi connectivity index (χ3n) is 3.80. The molecule has 2 rings (SSSR count). The summed E-state index contributed by atoms with van der Waals surface area (Å²) in [4.78, 5) is 23.9. The first-order valence-corrected chi connectivity index (χ1v) is 7.16. The molecule has 0 fully saturated rings. The van der Waals surface area contributed by atoms with Gasteiger partial charge in [0.15, 0.2) is 0 Å². The minimum atomic E-state index is -1.00. The van der Waals surface area contributed by atoms with Crippen LogP contribution in [0.2, 0.25) is 0 Å². The lowest BCUT2D eigenvalue weighted by Crippen LogP contribution is -2.50. The molecule has 114 valence electrons. The molecule has 1 amide bonds. The molecule has 0 saturated carbocycles. The Bertz CT molecular complexity index is 549. The summed E-state index contributed by atoms with van der Waals surface area (Å²) in [5.41, 5.74) is 1.35. The molecule has 0 bridgehead atoms. The minimum Gasteiger partial charge on any atom is -0.480 e. The van der Waals surface area contributed by atoms with Crippen LogP contribution in [0.3, 0.4) is 0 Å². The Morgan fingerprint density at radius 3 is 2.62 bits per heavy atom. The highest BCUT2D eigenvalue weighted by Gasteiger charge is 2.35. The molecule has 1 heterocycles. The summed E-state index contributed by atoms with van der Waals surface area (Å²) in [6, 6.07) is 6.77. The first kappa shape index (κ1) is 15.4. The van der Waals surface area contributed by atoms with E-state index in [2.05, 4.69) is 10.6 Å². The number of fused-ring (bicyclic) bond motifs is 1. The number of anilines is 1. The molecular weight excluding hydrogens is 268 g/mol. The standard InChI is InChI=1S/C16H22N2O3/c1-16(2,3)13(15(20)21)18-14(19)11-8-9-17-12-7-5-4-6-10(11)12/h4-7,11,13,17H,8-9H2,1-3H3,(H,18,19)(H,20,21)/t11?,13-/m1/s1. The monoisotopic (exact) mass is 290 g/mol. The number of carboxylic acid groups (broad SMARTS) is 1. The van der Waals surface area contributed by atoms with E-state index < -0.39 is 17.4 Å². The molecule has 0 spiro atoms. The number of carbonyl (C=O) groups excluding carboxylic acids is 1. The van der Waals surface area contributed by atoms with Gasteiger partial charge in [-0.15, -0.1) is 0 Å². The van der Waals surface area contributed by atoms with Crippen molar-refractivity contribution in [3.8, 4) is 0 Å². The van der Waals surface area contributed by atoms with Crippen LogP contribution in [0.1, 0.15) is 38.7 Å². The minimum absolute atomic E-state index is 0.216. The number of carboxylic acids is 1. The molecule has 5 nitrogen and oxygen atoms in total. The first-order chi connectivity index (χ1) is 9.80. The maximum atomic E-state index is 12.5. The summed E-state index contributed by atoms with van der Waals surface area (Å²) >= 11 is 0. The number of aliphatic carboxylic acids is 1. The zero-order chi connectivity index (χ0) is 15.6. The molecule has 21 heavy (non-hydrogen) atoms. The SMILES string of the molecule is CC(C)(C)[C@H](NC(=O)C1CCNc2ccccc21)C(=O)O. The average molecular weight is 290 g/mol. The van der Waals surface area contributed by atoms with Crippen molar-refractivity contribution < 1.29 is 14.7 Å². The highest BCUT2D eigenvalue weighted by molar-refractivity contribution is 5.90. The van der Waals surface area contributed by atoms with Gasteiger partial charge >= 0.3 is 5.97 Å². The fraction of sp³-hybridized carbons (Fsp3) is 0.500. The van der Waals surface area contributed by atoms with Crippen molar-refractivity contribution >= 4 is 17.6 Å². The Morgan fingerprint density at radius 2 is 2.00 bits per heavy atom. The molecule has 0 radical (unpaired) electrons. The largest absolute Gasteiger partial charge is 0.480 e. The topological polar surface area (TPSA) is 78.4 Å². The Balaban J connectivity index is 2.20. The summed E-state index contributed by atoms with van der Waals surface area (Å²) in [7, 11) is 0. The summed E-state index contributed by atoms with van der Waals surface area (Å²) in [6.45, 7) is 6.13. The highest BCUT2D eigenvalue weighted by atomic mass is 16.4. The lowest BCUT2D eigenvalue weighted by Gasteiger charge is -2.31. The van der Waals surface area contributed by atoms with Gasteiger partial charge in [-0.3, -0.25) is 4.79 Å². The smallest absolute Gasteiger partial charge is 0.326 e. The lowest BCUT2D eigenvalue weighted by atomic mass is 9.85. The Labute approximate surface area is 124 Å². The fourth-order valence-corrected chi connectivity index (χ4v) is 2.63. The van der Waals surface area contributed by atoms with Crippen LogP contribution in [-0.4, -0.2) is 29.6 Å². The zero-order valence-electron chi connectivity index (χ0n) is 12.6. The molecule has 0 aromatic heterocycles. The van der Waals surface area contributed by atoms with E-state index in [0.717, 1.165) is 11.3 Å². The first-order valence-electron chi connectivity index (χ1n) is 7.16. The zero-order valence-corrected chi connectivity index (χ0v) is 12.6. The summed E-state index contributed by atoms with van der Waals surface area (Å²) in [5.74, 6) is -1.52. The second kappa shape index (κ2) is 5.76. The van der Waals surface area contributed by atoms with Crippen molar-refractivity contribution in [3.05, 3.63) is 29.8 Å². The molecule has 0 aliphatic carbocycles. The van der Waals surface area contributed by atoms with E-state index in [1.54, 1.807) is 0 Å². The molecule has 1 aliphatic heterocycles. The van der Waals surface area contributed by atoms with Crippen molar-refractivity contribution in [2.45, 2.75) is 39.2 Å². The number of rotatable bonds is 3. The molecule has 2 atom stereocenters. The molecule has 1 aliphatic rings. The van der Waals surface area contributed by atoms with E-state index in [4.69, 9.17) is 0 Å². The van der Waals surface area contributed by atoms with Gasteiger partial charge in [-0.1, -0.05) is 39.0 Å². The van der Waals surface area contributed by atoms with Crippen molar-refractivity contribution in [1.29, 1.82) is 0 Å². The maximum absolute atomic E-state index is 12.5. The fourth-order valence-electron chi connectivity index (χ4n) is 2.63. The van der Waals surface area contributed by atoms with Crippen LogP contribution in [0.4, 0.5) is 5.69 Å². The van der Waals surface area contributed by atoms with Crippen LogP contribution in [0, 0.1) is 5.41 Å². The maximum Gasteiger partial charge on any atom is 0.326 e. The van der Waals surface area contributed by atoms with E-state index in [1.165, 1.54) is 0 Å². The molecule has 1 aromatic rings. The van der Waals surface area contributed by atoms with E-state index in [-0.39, 0.29) is 11.8 Å². The van der Waals surface area contributed by atoms with E-state index in [9.17, 15) is 14.7 Å². The van der Waals surface area contributed by atoms with Gasteiger partial charge < -0.3 is 15.7 Å². The molecule has 1 unspecified atom stereocenters. The van der Waals surface area contributed by atoms with Crippen molar-refractivity contribution in [1.82, 2.24) is 5.32 Å². The summed E-state index contributed by atoms with van der Waals surface area (Å²) in [6.07, 6.45) is 0.666. The Hall–Kier alpha value is -2.04. The van der Waals surface area contributed by atoms with Crippen LogP contribution in [-0.2, 0) is 9.59 Å². The number of nitrogens with one attached hydrogen (secondary N) is 2. The van der Waals surface area contributed by atoms with Crippen LogP contribution in [0.5, 0.6) is 0 Å². The predicted molar refractivity (Wildman–Crippen MR) is 81.3 cm³/mol. The van der Waals surface area contributed by atoms with Crippen molar-refractivity contribution in [2.24, 2.45) is 5.41 Å². The molecule has 1 aromatic carbocycles. The van der Waals surface area contributed by atoms with Gasteiger partial charge in [0.05, 0.1) is 5.92 Å². The second-order valence-electron chi connectivity index (χ2n) is 6.50. The third kappa shape index (κ3) is 3.35. The van der Waals surface area contributed by atoms with Gasteiger partial charge in [0.2, 0.25) is 5.91 Å². The second-order valence-corrected chi connectivity index (χ2v) is 6.50. The molecule has 0 saturated heterocycles. The molecule has 5 heteroatoms. The normalized spacial score (nSPS) is 19.1. The highest BCUT2D eigenvalue weighted by Crippen LogP contribution is 2.32. The van der Waals surface area contributed by atoms with Gasteiger partial charge in [-0.05, 0) is 23.5 Å².